The maximum Gasteiger partial charge on any atom is 0.0476 e. The highest BCUT2D eigenvalue weighted by Gasteiger charge is 2.32. The van der Waals surface area contributed by atoms with Gasteiger partial charge in [-0.3, -0.25) is 0 Å². The zero-order valence-corrected chi connectivity index (χ0v) is 11.2. The van der Waals surface area contributed by atoms with Crippen LogP contribution in [-0.4, -0.2) is 37.3 Å². The summed E-state index contributed by atoms with van der Waals surface area (Å²) < 4.78 is 5.62. The Bertz CT molecular complexity index is 169. The number of nitrogens with one attached hydrogen (secondary N) is 1. The van der Waals surface area contributed by atoms with E-state index >= 15 is 0 Å². The first-order valence-corrected chi connectivity index (χ1v) is 7.22. The van der Waals surface area contributed by atoms with Crippen molar-refractivity contribution in [3.8, 4) is 0 Å². The van der Waals surface area contributed by atoms with Crippen molar-refractivity contribution in [3.05, 3.63) is 0 Å². The number of ether oxygens (including phenoxy) is 1. The average molecular weight is 231 g/mol. The zero-order valence-electron chi connectivity index (χ0n) is 10.3. The van der Waals surface area contributed by atoms with E-state index in [2.05, 4.69) is 30.3 Å². The van der Waals surface area contributed by atoms with Gasteiger partial charge in [0, 0.05) is 31.1 Å². The van der Waals surface area contributed by atoms with Crippen LogP contribution in [0.3, 0.4) is 0 Å². The first-order chi connectivity index (χ1) is 7.22. The van der Waals surface area contributed by atoms with Crippen LogP contribution in [0.25, 0.3) is 0 Å². The standard InChI is InChI=1S/C12H25NOS/c1-11(6-9-14-2)13-10-12(15-3)7-4-5-8-12/h11,13H,4-10H2,1-3H3. The summed E-state index contributed by atoms with van der Waals surface area (Å²) in [6.45, 7) is 4.28. The Morgan fingerprint density at radius 3 is 2.60 bits per heavy atom. The van der Waals surface area contributed by atoms with Gasteiger partial charge in [0.15, 0.2) is 0 Å². The van der Waals surface area contributed by atoms with Crippen LogP contribution >= 0.6 is 11.8 Å². The summed E-state index contributed by atoms with van der Waals surface area (Å²) in [6, 6.07) is 0.578. The monoisotopic (exact) mass is 231 g/mol. The van der Waals surface area contributed by atoms with Crippen molar-refractivity contribution in [1.29, 1.82) is 0 Å². The van der Waals surface area contributed by atoms with Gasteiger partial charge < -0.3 is 10.1 Å². The van der Waals surface area contributed by atoms with E-state index in [4.69, 9.17) is 4.74 Å². The van der Waals surface area contributed by atoms with Crippen LogP contribution in [0.15, 0.2) is 0 Å². The molecule has 3 heteroatoms. The first kappa shape index (κ1) is 13.3. The highest BCUT2D eigenvalue weighted by Crippen LogP contribution is 2.39. The van der Waals surface area contributed by atoms with Crippen LogP contribution in [0.1, 0.15) is 39.0 Å². The summed E-state index contributed by atoms with van der Waals surface area (Å²) in [6.07, 6.45) is 8.97. The predicted octanol–water partition coefficient (Wildman–Crippen LogP) is 2.68. The maximum absolute atomic E-state index is 5.09. The summed E-state index contributed by atoms with van der Waals surface area (Å²) in [7, 11) is 1.77. The second-order valence-electron chi connectivity index (χ2n) is 4.66. The minimum absolute atomic E-state index is 0.529. The molecule has 0 aromatic rings. The second kappa shape index (κ2) is 6.77. The Kier molecular flexibility index (Phi) is 6.02. The molecule has 0 spiro atoms. The molecule has 0 amide bonds. The summed E-state index contributed by atoms with van der Waals surface area (Å²) in [5.74, 6) is 0. The topological polar surface area (TPSA) is 21.3 Å². The van der Waals surface area contributed by atoms with Gasteiger partial charge in [-0.2, -0.15) is 11.8 Å². The molecule has 0 aromatic heterocycles. The zero-order chi connectivity index (χ0) is 11.1. The molecule has 1 aliphatic rings. The van der Waals surface area contributed by atoms with E-state index in [1.807, 2.05) is 0 Å². The lowest BCUT2D eigenvalue weighted by Crippen LogP contribution is -2.39. The van der Waals surface area contributed by atoms with E-state index in [1.165, 1.54) is 32.2 Å². The Balaban J connectivity index is 2.21. The lowest BCUT2D eigenvalue weighted by atomic mass is 10.1. The van der Waals surface area contributed by atoms with Gasteiger partial charge >= 0.3 is 0 Å². The molecule has 0 bridgehead atoms. The van der Waals surface area contributed by atoms with E-state index in [0.29, 0.717) is 10.8 Å². The third kappa shape index (κ3) is 4.33. The van der Waals surface area contributed by atoms with Gasteiger partial charge in [0.1, 0.15) is 0 Å². The van der Waals surface area contributed by atoms with E-state index < -0.39 is 0 Å². The quantitative estimate of drug-likeness (QED) is 0.728. The van der Waals surface area contributed by atoms with Crippen LogP contribution in [0.2, 0.25) is 0 Å². The fourth-order valence-electron chi connectivity index (χ4n) is 2.23. The van der Waals surface area contributed by atoms with Crippen LogP contribution in [-0.2, 0) is 4.74 Å². The molecular formula is C12H25NOS. The van der Waals surface area contributed by atoms with Gasteiger partial charge in [0.2, 0.25) is 0 Å². The van der Waals surface area contributed by atoms with Crippen molar-refractivity contribution in [3.63, 3.8) is 0 Å². The molecule has 15 heavy (non-hydrogen) atoms. The number of hydrogen-bond acceptors (Lipinski definition) is 3. The van der Waals surface area contributed by atoms with Crippen molar-refractivity contribution >= 4 is 11.8 Å². The van der Waals surface area contributed by atoms with Gasteiger partial charge in [-0.25, -0.2) is 0 Å². The minimum Gasteiger partial charge on any atom is -0.385 e. The summed E-state index contributed by atoms with van der Waals surface area (Å²) in [5, 5.41) is 3.65. The molecule has 1 unspecified atom stereocenters. The van der Waals surface area contributed by atoms with Gasteiger partial charge in [-0.15, -0.1) is 0 Å². The molecule has 0 aromatic carbocycles. The fraction of sp³-hybridized carbons (Fsp3) is 1.00. The minimum atomic E-state index is 0.529. The van der Waals surface area contributed by atoms with Gasteiger partial charge in [-0.1, -0.05) is 12.8 Å². The van der Waals surface area contributed by atoms with Crippen molar-refractivity contribution in [2.24, 2.45) is 0 Å². The lowest BCUT2D eigenvalue weighted by Gasteiger charge is -2.29. The summed E-state index contributed by atoms with van der Waals surface area (Å²) in [5.41, 5.74) is 0. The second-order valence-corrected chi connectivity index (χ2v) is 5.93. The van der Waals surface area contributed by atoms with Crippen LogP contribution in [0.5, 0.6) is 0 Å². The Morgan fingerprint density at radius 2 is 2.07 bits per heavy atom. The molecule has 1 saturated carbocycles. The smallest absolute Gasteiger partial charge is 0.0476 e. The molecule has 0 heterocycles. The summed E-state index contributed by atoms with van der Waals surface area (Å²) >= 11 is 2.05. The number of hydrogen-bond donors (Lipinski definition) is 1. The first-order valence-electron chi connectivity index (χ1n) is 6.00. The highest BCUT2D eigenvalue weighted by atomic mass is 32.2. The summed E-state index contributed by atoms with van der Waals surface area (Å²) in [4.78, 5) is 0. The molecule has 0 aliphatic heterocycles. The van der Waals surface area contributed by atoms with Crippen molar-refractivity contribution in [2.75, 3.05) is 26.5 Å². The lowest BCUT2D eigenvalue weighted by molar-refractivity contribution is 0.184. The molecule has 1 N–H and O–H groups in total. The molecule has 1 aliphatic carbocycles. The normalized spacial score (nSPS) is 21.8. The Morgan fingerprint density at radius 1 is 1.40 bits per heavy atom. The van der Waals surface area contributed by atoms with Gasteiger partial charge in [-0.05, 0) is 32.4 Å². The Labute approximate surface area is 98.5 Å². The predicted molar refractivity (Wildman–Crippen MR) is 68.7 cm³/mol. The van der Waals surface area contributed by atoms with E-state index in [-0.39, 0.29) is 0 Å². The Hall–Kier alpha value is 0.270. The maximum atomic E-state index is 5.09. The average Bonchev–Trinajstić information content (AvgIpc) is 2.73. The van der Waals surface area contributed by atoms with Crippen LogP contribution < -0.4 is 5.32 Å². The van der Waals surface area contributed by atoms with Crippen molar-refractivity contribution in [2.45, 2.75) is 49.8 Å². The van der Waals surface area contributed by atoms with Crippen LogP contribution in [0.4, 0.5) is 0 Å². The van der Waals surface area contributed by atoms with Crippen molar-refractivity contribution in [1.82, 2.24) is 5.32 Å². The molecular weight excluding hydrogens is 206 g/mol. The van der Waals surface area contributed by atoms with E-state index in [0.717, 1.165) is 13.0 Å². The van der Waals surface area contributed by atoms with E-state index in [9.17, 15) is 0 Å². The fourth-order valence-corrected chi connectivity index (χ4v) is 3.15. The molecule has 0 radical (unpaired) electrons. The third-order valence-electron chi connectivity index (χ3n) is 3.48. The number of methoxy groups -OCH3 is 1. The third-order valence-corrected chi connectivity index (χ3v) is 4.89. The highest BCUT2D eigenvalue weighted by molar-refractivity contribution is 8.00. The van der Waals surface area contributed by atoms with E-state index in [1.54, 1.807) is 7.11 Å². The molecule has 0 saturated heterocycles. The molecule has 1 fully saturated rings. The molecule has 1 atom stereocenters. The van der Waals surface area contributed by atoms with Crippen molar-refractivity contribution < 1.29 is 4.74 Å². The SMILES string of the molecule is COCCC(C)NCC1(SC)CCCC1. The van der Waals surface area contributed by atoms with Gasteiger partial charge in [0.25, 0.3) is 0 Å². The molecule has 2 nitrogen and oxygen atoms in total. The number of rotatable bonds is 7. The largest absolute Gasteiger partial charge is 0.385 e. The van der Waals surface area contributed by atoms with Crippen LogP contribution in [0, 0.1) is 0 Å². The number of thioether (sulfide) groups is 1. The molecule has 90 valence electrons. The molecule has 1 rings (SSSR count). The van der Waals surface area contributed by atoms with Gasteiger partial charge in [0.05, 0.1) is 0 Å².